The van der Waals surface area contributed by atoms with Crippen LogP contribution in [0.15, 0.2) is 30.3 Å². The summed E-state index contributed by atoms with van der Waals surface area (Å²) >= 11 is 0. The number of rotatable bonds is 17. The summed E-state index contributed by atoms with van der Waals surface area (Å²) in [7, 11) is 0. The Labute approximate surface area is 243 Å². The van der Waals surface area contributed by atoms with Gasteiger partial charge in [-0.25, -0.2) is 4.79 Å². The molecular formula is C34H55NO5. The van der Waals surface area contributed by atoms with Crippen LogP contribution in [0.25, 0.3) is 0 Å². The molecule has 1 aliphatic rings. The van der Waals surface area contributed by atoms with E-state index in [0.717, 1.165) is 58.0 Å². The largest absolute Gasteiger partial charge is 0.481 e. The molecule has 0 heterocycles. The van der Waals surface area contributed by atoms with Gasteiger partial charge in [0.15, 0.2) is 12.2 Å². The molecule has 1 fully saturated rings. The van der Waals surface area contributed by atoms with Gasteiger partial charge in [0.1, 0.15) is 0 Å². The molecule has 2 N–H and O–H groups in total. The highest BCUT2D eigenvalue weighted by molar-refractivity contribution is 5.81. The Morgan fingerprint density at radius 3 is 2.00 bits per heavy atom. The minimum atomic E-state index is -1.58. The molecule has 0 saturated heterocycles. The summed E-state index contributed by atoms with van der Waals surface area (Å²) in [6.07, 6.45) is 16.4. The monoisotopic (exact) mass is 557 g/mol. The third-order valence-corrected chi connectivity index (χ3v) is 7.81. The maximum Gasteiger partial charge on any atom is 0.344 e. The van der Waals surface area contributed by atoms with Gasteiger partial charge in [-0.1, -0.05) is 134 Å². The van der Waals surface area contributed by atoms with E-state index in [1.807, 2.05) is 30.3 Å². The van der Waals surface area contributed by atoms with Gasteiger partial charge in [0.05, 0.1) is 6.54 Å². The van der Waals surface area contributed by atoms with Crippen molar-refractivity contribution >= 4 is 11.9 Å². The lowest BCUT2D eigenvalue weighted by molar-refractivity contribution is -0.174. The number of esters is 1. The van der Waals surface area contributed by atoms with Crippen molar-refractivity contribution in [2.45, 2.75) is 123 Å². The van der Waals surface area contributed by atoms with Crippen LogP contribution in [0.5, 0.6) is 0 Å². The summed E-state index contributed by atoms with van der Waals surface area (Å²) in [5.41, 5.74) is -0.963. The van der Waals surface area contributed by atoms with E-state index in [0.29, 0.717) is 18.5 Å². The van der Waals surface area contributed by atoms with Crippen molar-refractivity contribution in [2.24, 2.45) is 5.92 Å². The van der Waals surface area contributed by atoms with Gasteiger partial charge in [-0.05, 0) is 37.9 Å². The first-order valence-electron chi connectivity index (χ1n) is 15.7. The summed E-state index contributed by atoms with van der Waals surface area (Å²) in [4.78, 5) is 25.2. The minimum absolute atomic E-state index is 0.0158. The van der Waals surface area contributed by atoms with Crippen LogP contribution in [0.1, 0.15) is 123 Å². The fourth-order valence-electron chi connectivity index (χ4n) is 5.20. The molecule has 2 rings (SSSR count). The third kappa shape index (κ3) is 14.3. The predicted octanol–water partition coefficient (Wildman–Crippen LogP) is 7.33. The summed E-state index contributed by atoms with van der Waals surface area (Å²) in [5.74, 6) is 4.59. The number of ether oxygens (including phenoxy) is 1. The molecule has 1 atom stereocenters. The Bertz CT molecular complexity index is 852. The number of carboxylic acid groups (broad SMARTS) is 1. The third-order valence-electron chi connectivity index (χ3n) is 7.81. The van der Waals surface area contributed by atoms with Crippen LogP contribution in [0.2, 0.25) is 0 Å². The average molecular weight is 558 g/mol. The summed E-state index contributed by atoms with van der Waals surface area (Å²) < 4.78 is 5.38. The molecule has 0 aromatic heterocycles. The summed E-state index contributed by atoms with van der Waals surface area (Å²) in [6, 6.07) is 9.19. The number of unbranched alkanes of at least 4 members (excludes halogenated alkanes) is 8. The van der Waals surface area contributed by atoms with Crippen LogP contribution in [-0.4, -0.2) is 53.3 Å². The molecular weight excluding hydrogens is 502 g/mol. The van der Waals surface area contributed by atoms with E-state index in [1.165, 1.54) is 44.9 Å². The van der Waals surface area contributed by atoms with Crippen LogP contribution in [0, 0.1) is 17.8 Å². The maximum atomic E-state index is 12.8. The van der Waals surface area contributed by atoms with Crippen molar-refractivity contribution in [3.8, 4) is 11.8 Å². The fourth-order valence-corrected chi connectivity index (χ4v) is 5.20. The van der Waals surface area contributed by atoms with Crippen molar-refractivity contribution in [3.05, 3.63) is 35.9 Å². The van der Waals surface area contributed by atoms with E-state index in [1.54, 1.807) is 0 Å². The van der Waals surface area contributed by atoms with E-state index in [2.05, 4.69) is 37.5 Å². The first kappa shape index (κ1) is 35.7. The van der Waals surface area contributed by atoms with E-state index >= 15 is 0 Å². The first-order chi connectivity index (χ1) is 19.4. The standard InChI is InChI=1S/C22H31NO3.C12H24O2/c1-3-23(4-2)17-11-12-18-26-21(24)22(25,19-13-7-5-8-14-19)20-15-9-6-10-16-20;1-2-3-4-5-6-7-8-9-10-11-12(13)14/h5,7-8,13-14,20,25H,3-4,6,9-10,15-18H2,1-2H3;2-11H2,1H3,(H,13,14). The number of carboxylic acids is 1. The molecule has 1 aromatic carbocycles. The fraction of sp³-hybridized carbons (Fsp3) is 0.706. The highest BCUT2D eigenvalue weighted by Crippen LogP contribution is 2.40. The Morgan fingerprint density at radius 2 is 1.45 bits per heavy atom. The number of carbonyl (C=O) groups is 2. The van der Waals surface area contributed by atoms with Crippen LogP contribution < -0.4 is 0 Å². The van der Waals surface area contributed by atoms with Crippen molar-refractivity contribution in [3.63, 3.8) is 0 Å². The van der Waals surface area contributed by atoms with Gasteiger partial charge in [-0.15, -0.1) is 0 Å². The molecule has 40 heavy (non-hydrogen) atoms. The van der Waals surface area contributed by atoms with Crippen molar-refractivity contribution in [2.75, 3.05) is 26.2 Å². The normalized spacial score (nSPS) is 14.8. The molecule has 0 radical (unpaired) electrons. The number of aliphatic hydroxyl groups is 1. The van der Waals surface area contributed by atoms with Crippen LogP contribution in [0.4, 0.5) is 0 Å². The lowest BCUT2D eigenvalue weighted by atomic mass is 9.73. The topological polar surface area (TPSA) is 87.1 Å². The van der Waals surface area contributed by atoms with Gasteiger partial charge in [0, 0.05) is 12.3 Å². The van der Waals surface area contributed by atoms with Gasteiger partial charge in [0.2, 0.25) is 0 Å². The van der Waals surface area contributed by atoms with E-state index in [-0.39, 0.29) is 12.5 Å². The number of carbonyl (C=O) groups excluding carboxylic acids is 1. The average Bonchev–Trinajstić information content (AvgIpc) is 2.98. The molecule has 0 spiro atoms. The number of nitrogens with zero attached hydrogens (tertiary/aromatic N) is 1. The van der Waals surface area contributed by atoms with Gasteiger partial charge < -0.3 is 14.9 Å². The molecule has 1 aromatic rings. The minimum Gasteiger partial charge on any atom is -0.481 e. The van der Waals surface area contributed by atoms with Crippen molar-refractivity contribution in [1.82, 2.24) is 4.90 Å². The Kier molecular flexibility index (Phi) is 19.9. The zero-order chi connectivity index (χ0) is 29.5. The molecule has 0 bridgehead atoms. The number of hydrogen-bond donors (Lipinski definition) is 2. The van der Waals surface area contributed by atoms with Crippen LogP contribution in [0.3, 0.4) is 0 Å². The Balaban J connectivity index is 0.000000486. The second-order valence-corrected chi connectivity index (χ2v) is 10.8. The second-order valence-electron chi connectivity index (χ2n) is 10.8. The predicted molar refractivity (Wildman–Crippen MR) is 163 cm³/mol. The number of benzene rings is 1. The van der Waals surface area contributed by atoms with Gasteiger partial charge >= 0.3 is 11.9 Å². The quantitative estimate of drug-likeness (QED) is 0.118. The van der Waals surface area contributed by atoms with E-state index in [4.69, 9.17) is 9.84 Å². The van der Waals surface area contributed by atoms with E-state index in [9.17, 15) is 14.7 Å². The van der Waals surface area contributed by atoms with Gasteiger partial charge in [-0.3, -0.25) is 9.69 Å². The van der Waals surface area contributed by atoms with E-state index < -0.39 is 17.5 Å². The number of aliphatic carboxylic acids is 1. The van der Waals surface area contributed by atoms with Crippen LogP contribution in [-0.2, 0) is 19.9 Å². The van der Waals surface area contributed by atoms with Gasteiger partial charge in [-0.2, -0.15) is 0 Å². The maximum absolute atomic E-state index is 12.8. The smallest absolute Gasteiger partial charge is 0.344 e. The lowest BCUT2D eigenvalue weighted by Gasteiger charge is -2.36. The highest BCUT2D eigenvalue weighted by atomic mass is 16.5. The molecule has 1 saturated carbocycles. The number of hydrogen-bond acceptors (Lipinski definition) is 5. The van der Waals surface area contributed by atoms with Crippen molar-refractivity contribution in [1.29, 1.82) is 0 Å². The molecule has 226 valence electrons. The Morgan fingerprint density at radius 1 is 0.875 bits per heavy atom. The highest BCUT2D eigenvalue weighted by Gasteiger charge is 2.47. The first-order valence-corrected chi connectivity index (χ1v) is 15.7. The Hall–Kier alpha value is -2.36. The molecule has 0 aliphatic heterocycles. The second kappa shape index (κ2) is 22.3. The molecule has 6 nitrogen and oxygen atoms in total. The lowest BCUT2D eigenvalue weighted by Crippen LogP contribution is -2.45. The summed E-state index contributed by atoms with van der Waals surface area (Å²) in [6.45, 7) is 8.98. The zero-order valence-electron chi connectivity index (χ0n) is 25.5. The molecule has 1 aliphatic carbocycles. The van der Waals surface area contributed by atoms with Crippen LogP contribution >= 0.6 is 0 Å². The zero-order valence-corrected chi connectivity index (χ0v) is 25.5. The SMILES string of the molecule is CCCCCCCCCCCC(=O)O.CCN(CC)CC#CCOC(=O)C(O)(c1ccccc1)C1CCCCC1. The van der Waals surface area contributed by atoms with Crippen molar-refractivity contribution < 1.29 is 24.5 Å². The summed E-state index contributed by atoms with van der Waals surface area (Å²) in [5, 5.41) is 19.8. The van der Waals surface area contributed by atoms with Gasteiger partial charge in [0.25, 0.3) is 0 Å². The molecule has 0 amide bonds. The molecule has 1 unspecified atom stereocenters. The molecule has 6 heteroatoms.